The highest BCUT2D eigenvalue weighted by molar-refractivity contribution is 8.00. The molecule has 1 atom stereocenters. The molecule has 1 aliphatic heterocycles. The van der Waals surface area contributed by atoms with Gasteiger partial charge in [-0.25, -0.2) is 4.98 Å². The standard InChI is InChI=1S/C21H27N3O2S2/c1-3-17-6-4-5-11-24(17)20(26)14-27-13-19(25)23-21-22-18(12-28-21)16-9-7-15(2)8-10-16/h7-10,12,17H,3-6,11,13-14H2,1-2H3,(H,22,23,25)/t17-/m0/s1. The van der Waals surface area contributed by atoms with Crippen molar-refractivity contribution in [2.75, 3.05) is 23.4 Å². The van der Waals surface area contributed by atoms with Crippen LogP contribution in [0.1, 0.15) is 38.2 Å². The normalized spacial score (nSPS) is 16.8. The third kappa shape index (κ3) is 5.58. The highest BCUT2D eigenvalue weighted by Crippen LogP contribution is 2.25. The van der Waals surface area contributed by atoms with E-state index in [0.717, 1.165) is 37.1 Å². The number of aromatic nitrogens is 1. The fourth-order valence-corrected chi connectivity index (χ4v) is 4.85. The summed E-state index contributed by atoms with van der Waals surface area (Å²) < 4.78 is 0. The van der Waals surface area contributed by atoms with Gasteiger partial charge in [-0.05, 0) is 32.6 Å². The van der Waals surface area contributed by atoms with Crippen molar-refractivity contribution in [1.29, 1.82) is 0 Å². The van der Waals surface area contributed by atoms with Crippen molar-refractivity contribution in [1.82, 2.24) is 9.88 Å². The molecule has 1 fully saturated rings. The number of aryl methyl sites for hydroxylation is 1. The molecule has 1 saturated heterocycles. The van der Waals surface area contributed by atoms with Gasteiger partial charge in [0.15, 0.2) is 5.13 Å². The Balaban J connectivity index is 1.44. The zero-order valence-electron chi connectivity index (χ0n) is 16.4. The Bertz CT molecular complexity index is 804. The van der Waals surface area contributed by atoms with Gasteiger partial charge in [-0.15, -0.1) is 23.1 Å². The quantitative estimate of drug-likeness (QED) is 0.716. The van der Waals surface area contributed by atoms with Crippen LogP contribution in [0.15, 0.2) is 29.6 Å². The van der Waals surface area contributed by atoms with Crippen LogP contribution < -0.4 is 5.32 Å². The number of anilines is 1. The molecule has 1 aromatic heterocycles. The van der Waals surface area contributed by atoms with Crippen molar-refractivity contribution >= 4 is 40.0 Å². The average molecular weight is 418 g/mol. The number of likely N-dealkylation sites (tertiary alicyclic amines) is 1. The molecule has 0 unspecified atom stereocenters. The third-order valence-corrected chi connectivity index (χ3v) is 6.65. The van der Waals surface area contributed by atoms with Crippen LogP contribution in [0.4, 0.5) is 5.13 Å². The molecule has 0 spiro atoms. The lowest BCUT2D eigenvalue weighted by atomic mass is 10.0. The Morgan fingerprint density at radius 3 is 2.79 bits per heavy atom. The van der Waals surface area contributed by atoms with E-state index < -0.39 is 0 Å². The first-order valence-electron chi connectivity index (χ1n) is 9.76. The predicted octanol–water partition coefficient (Wildman–Crippen LogP) is 4.58. The van der Waals surface area contributed by atoms with Crippen LogP contribution in [-0.4, -0.2) is 45.8 Å². The van der Waals surface area contributed by atoms with Crippen LogP contribution in [0.2, 0.25) is 0 Å². The maximum absolute atomic E-state index is 12.5. The molecule has 7 heteroatoms. The van der Waals surface area contributed by atoms with Crippen LogP contribution in [0, 0.1) is 6.92 Å². The molecular formula is C21H27N3O2S2. The first kappa shape index (κ1) is 20.9. The molecule has 5 nitrogen and oxygen atoms in total. The van der Waals surface area contributed by atoms with E-state index in [2.05, 4.69) is 17.2 Å². The largest absolute Gasteiger partial charge is 0.339 e. The number of thioether (sulfide) groups is 1. The van der Waals surface area contributed by atoms with Crippen LogP contribution in [0.3, 0.4) is 0 Å². The zero-order valence-corrected chi connectivity index (χ0v) is 18.1. The number of hydrogen-bond acceptors (Lipinski definition) is 5. The Labute approximate surface area is 174 Å². The summed E-state index contributed by atoms with van der Waals surface area (Å²) in [6.07, 6.45) is 4.39. The van der Waals surface area contributed by atoms with Crippen LogP contribution >= 0.6 is 23.1 Å². The zero-order chi connectivity index (χ0) is 19.9. The molecule has 1 aliphatic rings. The van der Waals surface area contributed by atoms with Crippen molar-refractivity contribution in [3.05, 3.63) is 35.2 Å². The summed E-state index contributed by atoms with van der Waals surface area (Å²) in [4.78, 5) is 31.1. The van der Waals surface area contributed by atoms with Crippen LogP contribution in [-0.2, 0) is 9.59 Å². The molecule has 0 bridgehead atoms. The lowest BCUT2D eigenvalue weighted by molar-refractivity contribution is -0.132. The van der Waals surface area contributed by atoms with Gasteiger partial charge < -0.3 is 10.2 Å². The third-order valence-electron chi connectivity index (χ3n) is 4.98. The van der Waals surface area contributed by atoms with Crippen molar-refractivity contribution in [2.45, 2.75) is 45.6 Å². The summed E-state index contributed by atoms with van der Waals surface area (Å²) in [7, 11) is 0. The van der Waals surface area contributed by atoms with Crippen molar-refractivity contribution in [2.24, 2.45) is 0 Å². The number of amides is 2. The highest BCUT2D eigenvalue weighted by atomic mass is 32.2. The Morgan fingerprint density at radius 1 is 1.25 bits per heavy atom. The number of thiazole rings is 1. The summed E-state index contributed by atoms with van der Waals surface area (Å²) in [6.45, 7) is 5.04. The van der Waals surface area contributed by atoms with E-state index in [-0.39, 0.29) is 17.6 Å². The van der Waals surface area contributed by atoms with Gasteiger partial charge in [0.05, 0.1) is 17.2 Å². The van der Waals surface area contributed by atoms with Gasteiger partial charge in [0, 0.05) is 23.5 Å². The minimum absolute atomic E-state index is 0.117. The second-order valence-electron chi connectivity index (χ2n) is 7.09. The number of carbonyl (C=O) groups is 2. The Hall–Kier alpha value is -1.86. The molecule has 28 heavy (non-hydrogen) atoms. The van der Waals surface area contributed by atoms with Gasteiger partial charge in [0.25, 0.3) is 0 Å². The molecule has 3 rings (SSSR count). The number of carbonyl (C=O) groups excluding carboxylic acids is 2. The maximum atomic E-state index is 12.5. The molecule has 0 saturated carbocycles. The second kappa shape index (κ2) is 10.1. The summed E-state index contributed by atoms with van der Waals surface area (Å²) in [6, 6.07) is 8.52. The van der Waals surface area contributed by atoms with E-state index in [4.69, 9.17) is 0 Å². The van der Waals surface area contributed by atoms with E-state index in [1.165, 1.54) is 35.1 Å². The van der Waals surface area contributed by atoms with Crippen LogP contribution in [0.5, 0.6) is 0 Å². The van der Waals surface area contributed by atoms with Gasteiger partial charge in [-0.2, -0.15) is 0 Å². The average Bonchev–Trinajstić information content (AvgIpc) is 3.16. The van der Waals surface area contributed by atoms with E-state index >= 15 is 0 Å². The maximum Gasteiger partial charge on any atom is 0.236 e. The lowest BCUT2D eigenvalue weighted by Gasteiger charge is -2.35. The molecular weight excluding hydrogens is 390 g/mol. The Morgan fingerprint density at radius 2 is 2.04 bits per heavy atom. The molecule has 2 aromatic rings. The molecule has 1 N–H and O–H groups in total. The van der Waals surface area contributed by atoms with E-state index in [1.54, 1.807) is 0 Å². The van der Waals surface area contributed by atoms with Gasteiger partial charge in [-0.3, -0.25) is 9.59 Å². The molecule has 0 radical (unpaired) electrons. The topological polar surface area (TPSA) is 62.3 Å². The second-order valence-corrected chi connectivity index (χ2v) is 8.93. The fraction of sp³-hybridized carbons (Fsp3) is 0.476. The number of benzene rings is 1. The van der Waals surface area contributed by atoms with Gasteiger partial charge in [0.2, 0.25) is 11.8 Å². The van der Waals surface area contributed by atoms with Crippen molar-refractivity contribution in [3.8, 4) is 11.3 Å². The number of hydrogen-bond donors (Lipinski definition) is 1. The predicted molar refractivity (Wildman–Crippen MR) is 118 cm³/mol. The monoisotopic (exact) mass is 417 g/mol. The summed E-state index contributed by atoms with van der Waals surface area (Å²) in [5, 5.41) is 5.37. The molecule has 150 valence electrons. The molecule has 2 heterocycles. The number of nitrogens with one attached hydrogen (secondary N) is 1. The minimum Gasteiger partial charge on any atom is -0.339 e. The smallest absolute Gasteiger partial charge is 0.236 e. The molecule has 2 amide bonds. The van der Waals surface area contributed by atoms with Crippen molar-refractivity contribution < 1.29 is 9.59 Å². The van der Waals surface area contributed by atoms with Crippen molar-refractivity contribution in [3.63, 3.8) is 0 Å². The lowest BCUT2D eigenvalue weighted by Crippen LogP contribution is -2.44. The fourth-order valence-electron chi connectivity index (χ4n) is 3.41. The number of nitrogens with zero attached hydrogens (tertiary/aromatic N) is 2. The summed E-state index contributed by atoms with van der Waals surface area (Å²) >= 11 is 2.79. The minimum atomic E-state index is -0.117. The highest BCUT2D eigenvalue weighted by Gasteiger charge is 2.25. The molecule has 1 aromatic carbocycles. The van der Waals surface area contributed by atoms with Crippen LogP contribution in [0.25, 0.3) is 11.3 Å². The molecule has 0 aliphatic carbocycles. The van der Waals surface area contributed by atoms with E-state index in [1.807, 2.05) is 41.5 Å². The number of rotatable bonds is 7. The first-order chi connectivity index (χ1) is 13.6. The Kier molecular flexibility index (Phi) is 7.50. The first-order valence-corrected chi connectivity index (χ1v) is 11.8. The van der Waals surface area contributed by atoms with E-state index in [9.17, 15) is 9.59 Å². The van der Waals surface area contributed by atoms with Gasteiger partial charge in [0.1, 0.15) is 0 Å². The number of piperidine rings is 1. The van der Waals surface area contributed by atoms with E-state index in [0.29, 0.717) is 16.9 Å². The van der Waals surface area contributed by atoms with Gasteiger partial charge >= 0.3 is 0 Å². The SMILES string of the molecule is CC[C@H]1CCCCN1C(=O)CSCC(=O)Nc1nc(-c2ccc(C)cc2)cs1. The van der Waals surface area contributed by atoms with Gasteiger partial charge in [-0.1, -0.05) is 36.8 Å². The summed E-state index contributed by atoms with van der Waals surface area (Å²) in [5.41, 5.74) is 3.10. The summed E-state index contributed by atoms with van der Waals surface area (Å²) in [5.74, 6) is 0.653.